The first kappa shape index (κ1) is 99.6. The SMILES string of the molecule is C=C1C[C@@H](C2CCCO2)N(C(=O)c2cc(OC)c(OCCCCCOc3cc(NC(=O)OCSSC[C@H](CC(=O)[C@H](CC(=O)O)NC(=O)[C@H](CC(=O)O)CC(=O)[C@H](CCCNC(=N)N)NC(=O)[C@H](CC(=O)O)CC(=O)CC[C@H](NC(=O)c4ccc(NCc5cnc6nc(N)[nH]c(=O)c6n5)cc4)C(=O)O)C(=O)O)c(C(=O)N4CC(=C)C[C@H]4C4CCCO4)cc3OC)cc2N)C1. The van der Waals surface area contributed by atoms with Gasteiger partial charge in [-0.2, -0.15) is 4.98 Å². The molecule has 696 valence electrons. The molecule has 2 unspecified atom stereocenters. The van der Waals surface area contributed by atoms with E-state index < -0.39 is 187 Å². The fourth-order valence-corrected chi connectivity index (χ4v) is 17.0. The van der Waals surface area contributed by atoms with Gasteiger partial charge in [0.05, 0.1) is 136 Å². The average molecular weight is 1840 g/mol. The van der Waals surface area contributed by atoms with Crippen LogP contribution in [0.15, 0.2) is 83.8 Å². The number of nitrogens with one attached hydrogen (secondary N) is 8. The number of nitrogen functional groups attached to an aromatic ring is 2. The number of carboxylic acid groups (broad SMARTS) is 5. The molecule has 0 aliphatic carbocycles. The molecule has 0 spiro atoms. The van der Waals surface area contributed by atoms with Crippen LogP contribution in [0.2, 0.25) is 0 Å². The summed E-state index contributed by atoms with van der Waals surface area (Å²) in [6.45, 7) is 10.3. The number of carbonyl (C=O) groups is 14. The minimum Gasteiger partial charge on any atom is -0.493 e. The van der Waals surface area contributed by atoms with Gasteiger partial charge < -0.3 is 112 Å². The van der Waals surface area contributed by atoms with Crippen molar-refractivity contribution in [2.75, 3.05) is 94.1 Å². The number of aromatic amines is 1. The number of nitrogens with zero attached hydrogens (tertiary/aromatic N) is 5. The van der Waals surface area contributed by atoms with Crippen molar-refractivity contribution in [3.05, 3.63) is 112 Å². The maximum atomic E-state index is 14.7. The average Bonchev–Trinajstić information content (AvgIpc) is 1.77. The van der Waals surface area contributed by atoms with E-state index in [4.69, 9.17) is 55.8 Å². The molecular formula is C84H106N16O27S2. The smallest absolute Gasteiger partial charge is 0.412 e. The van der Waals surface area contributed by atoms with Crippen LogP contribution in [0.1, 0.15) is 159 Å². The number of ketones is 3. The number of rotatable bonds is 52. The predicted molar refractivity (Wildman–Crippen MR) is 466 cm³/mol. The molecule has 4 aliphatic rings. The topological polar surface area (TPSA) is 657 Å². The Balaban J connectivity index is 0.772. The molecule has 6 heterocycles. The summed E-state index contributed by atoms with van der Waals surface area (Å²) >= 11 is 0. The van der Waals surface area contributed by atoms with Crippen molar-refractivity contribution in [1.82, 2.24) is 51.0 Å². The van der Waals surface area contributed by atoms with Gasteiger partial charge in [0.1, 0.15) is 17.8 Å². The zero-order valence-corrected chi connectivity index (χ0v) is 72.5. The van der Waals surface area contributed by atoms with E-state index in [1.54, 1.807) is 21.9 Å². The second-order valence-corrected chi connectivity index (χ2v) is 33.7. The van der Waals surface area contributed by atoms with Crippen molar-refractivity contribution >= 4 is 145 Å². The molecular weight excluding hydrogens is 1730 g/mol. The zero-order chi connectivity index (χ0) is 93.7. The first-order chi connectivity index (χ1) is 61.6. The van der Waals surface area contributed by atoms with Crippen LogP contribution in [0.4, 0.5) is 27.8 Å². The summed E-state index contributed by atoms with van der Waals surface area (Å²) < 4.78 is 41.1. The molecule has 0 radical (unpaired) electrons. The number of H-pyrrole nitrogens is 1. The summed E-state index contributed by atoms with van der Waals surface area (Å²) in [5.41, 5.74) is 19.8. The molecule has 4 aliphatic heterocycles. The van der Waals surface area contributed by atoms with Crippen molar-refractivity contribution in [1.29, 1.82) is 5.41 Å². The van der Waals surface area contributed by atoms with Gasteiger partial charge in [0.2, 0.25) is 17.8 Å². The number of aromatic nitrogens is 4. The summed E-state index contributed by atoms with van der Waals surface area (Å²) in [5.74, 6) is -21.2. The molecule has 19 N–H and O–H groups in total. The molecule has 10 atom stereocenters. The number of likely N-dealkylation sites (tertiary alicyclic amines) is 2. The lowest BCUT2D eigenvalue weighted by Crippen LogP contribution is -2.48. The zero-order valence-electron chi connectivity index (χ0n) is 70.9. The number of nitrogens with two attached hydrogens (primary N) is 3. The van der Waals surface area contributed by atoms with Gasteiger partial charge in [-0.25, -0.2) is 19.6 Å². The molecule has 0 bridgehead atoms. The van der Waals surface area contributed by atoms with Gasteiger partial charge in [0, 0.05) is 93.4 Å². The summed E-state index contributed by atoms with van der Waals surface area (Å²) in [6, 6.07) is 5.71. The Morgan fingerprint density at radius 1 is 0.643 bits per heavy atom. The molecule has 0 saturated carbocycles. The molecule has 6 amide bonds. The lowest BCUT2D eigenvalue weighted by atomic mass is 9.90. The van der Waals surface area contributed by atoms with Gasteiger partial charge in [-0.15, -0.1) is 0 Å². The minimum atomic E-state index is -2.03. The fourth-order valence-electron chi connectivity index (χ4n) is 15.1. The quantitative estimate of drug-likeness (QED) is 0.00460. The number of carbonyl (C=O) groups excluding carboxylic acids is 9. The Morgan fingerprint density at radius 3 is 1.78 bits per heavy atom. The number of methoxy groups -OCH3 is 2. The fraction of sp³-hybridized carbons (Fsp3) is 0.488. The Morgan fingerprint density at radius 2 is 1.21 bits per heavy atom. The Hall–Kier alpha value is -13.2. The molecule has 3 aromatic carbocycles. The molecule has 129 heavy (non-hydrogen) atoms. The number of carboxylic acids is 5. The largest absolute Gasteiger partial charge is 0.493 e. The second kappa shape index (κ2) is 48.1. The van der Waals surface area contributed by atoms with Crippen molar-refractivity contribution in [3.63, 3.8) is 0 Å². The number of hydrogen-bond acceptors (Lipinski definition) is 31. The number of unbranched alkanes of at least 4 members (excludes halogenated alkanes) is 2. The van der Waals surface area contributed by atoms with Crippen molar-refractivity contribution in [3.8, 4) is 23.0 Å². The number of aliphatic carboxylic acids is 5. The van der Waals surface area contributed by atoms with Crippen LogP contribution in [-0.2, 0) is 68.7 Å². The lowest BCUT2D eigenvalue weighted by molar-refractivity contribution is -0.145. The van der Waals surface area contributed by atoms with E-state index in [2.05, 4.69) is 65.0 Å². The Labute approximate surface area is 746 Å². The van der Waals surface area contributed by atoms with Crippen LogP contribution >= 0.6 is 21.6 Å². The standard InChI is InChI=1S/C84H106N16O27S2/c1-43-25-59(63-12-9-23-123-63)99(39-43)78(114)52-32-65(121-3)67(34-54(52)85)125-21-6-5-7-22-126-68-35-57(53(33-66(68)122-4)79(115)100-40-44(2)26-60(100)64-13-10-24-124-64)96-84(120)127-42-129-128-41-48(80(116)117)29-62(103)58(36-71(108)109)95-76(112)47(31-70(106)107)28-61(102)55(11-8-20-89-82(86)87)93-75(111)46(30-69(104)105)27-51(101)18-19-56(81(118)119)94-74(110)45-14-16-49(17-15-45)90-37-50-38-91-73-72(92-50)77(113)98-83(88)97-73/h14-17,32-35,38,46-48,55-56,58-60,63-64,90H,1-2,5-13,18-31,36-37,39-42,85H2,3-4H3,(H,93,111)(H,94,110)(H,95,112)(H,96,120)(H,104,105)(H,106,107)(H,108,109)(H,116,117)(H,118,119)(H4,86,87,89)(H3,88,91,97,98,113)/t46-,47-,48-,55-,56-,58-,59-,60-,63?,64?/m0/s1. The van der Waals surface area contributed by atoms with Crippen LogP contribution in [-0.4, -0.2) is 258 Å². The van der Waals surface area contributed by atoms with E-state index in [-0.39, 0.29) is 133 Å². The third-order valence-electron chi connectivity index (χ3n) is 21.6. The first-order valence-electron chi connectivity index (χ1n) is 41.4. The van der Waals surface area contributed by atoms with Gasteiger partial charge >= 0.3 is 35.9 Å². The molecule has 45 heteroatoms. The van der Waals surface area contributed by atoms with E-state index in [1.165, 1.54) is 56.8 Å². The highest BCUT2D eigenvalue weighted by atomic mass is 33.1. The Kier molecular flexibility index (Phi) is 37.2. The van der Waals surface area contributed by atoms with Crippen molar-refractivity contribution in [2.45, 2.75) is 171 Å². The van der Waals surface area contributed by atoms with Crippen molar-refractivity contribution in [2.24, 2.45) is 23.5 Å². The third kappa shape index (κ3) is 29.4. The number of Topliss-reactive ketones (excluding diaryl/α,β-unsaturated/α-hetero) is 3. The summed E-state index contributed by atoms with van der Waals surface area (Å²) in [6.07, 6.45) is -1.89. The van der Waals surface area contributed by atoms with Crippen LogP contribution < -0.4 is 73.6 Å². The summed E-state index contributed by atoms with van der Waals surface area (Å²) in [5, 5.41) is 72.7. The Bertz CT molecular complexity index is 5070. The van der Waals surface area contributed by atoms with Crippen LogP contribution in [0, 0.1) is 23.2 Å². The van der Waals surface area contributed by atoms with Gasteiger partial charge in [-0.3, -0.25) is 78.0 Å². The van der Waals surface area contributed by atoms with Gasteiger partial charge in [-0.1, -0.05) is 45.9 Å². The molecule has 43 nitrogen and oxygen atoms in total. The monoisotopic (exact) mass is 1830 g/mol. The normalized spacial score (nSPS) is 17.3. The number of amides is 6. The van der Waals surface area contributed by atoms with Gasteiger partial charge in [0.25, 0.3) is 23.3 Å². The number of ether oxygens (including phenoxy) is 7. The van der Waals surface area contributed by atoms with Gasteiger partial charge in [-0.05, 0) is 113 Å². The van der Waals surface area contributed by atoms with E-state index in [9.17, 15) is 97.5 Å². The number of hydrogen-bond donors (Lipinski definition) is 16. The molecule has 5 aromatic rings. The lowest BCUT2D eigenvalue weighted by Gasteiger charge is -2.29. The summed E-state index contributed by atoms with van der Waals surface area (Å²) in [7, 11) is 4.48. The van der Waals surface area contributed by atoms with Crippen LogP contribution in [0.3, 0.4) is 0 Å². The molecule has 4 fully saturated rings. The minimum absolute atomic E-state index is 0.00259. The number of benzene rings is 3. The number of guanidine groups is 1. The maximum Gasteiger partial charge on any atom is 0.412 e. The molecule has 9 rings (SSSR count). The predicted octanol–water partition coefficient (Wildman–Crippen LogP) is 5.05. The number of anilines is 4. The van der Waals surface area contributed by atoms with Crippen LogP contribution in [0.5, 0.6) is 23.0 Å². The third-order valence-corrected chi connectivity index (χ3v) is 23.7. The van der Waals surface area contributed by atoms with Gasteiger partial charge in [0.15, 0.2) is 51.7 Å². The highest BCUT2D eigenvalue weighted by Gasteiger charge is 2.43. The summed E-state index contributed by atoms with van der Waals surface area (Å²) in [4.78, 5) is 218. The molecule has 4 saturated heterocycles. The highest BCUT2D eigenvalue weighted by Crippen LogP contribution is 2.40. The highest BCUT2D eigenvalue weighted by molar-refractivity contribution is 8.76. The maximum absolute atomic E-state index is 14.7. The number of fused-ring (bicyclic) bond motifs is 1. The molecule has 2 aromatic heterocycles. The second-order valence-electron chi connectivity index (χ2n) is 31.2. The van der Waals surface area contributed by atoms with E-state index >= 15 is 0 Å². The van der Waals surface area contributed by atoms with E-state index in [0.717, 1.165) is 52.0 Å². The first-order valence-corrected chi connectivity index (χ1v) is 43.9. The van der Waals surface area contributed by atoms with Crippen molar-refractivity contribution < 1.29 is 126 Å². The van der Waals surface area contributed by atoms with E-state index in [0.29, 0.717) is 81.2 Å². The van der Waals surface area contributed by atoms with Crippen LogP contribution in [0.25, 0.3) is 11.2 Å². The van der Waals surface area contributed by atoms with E-state index in [1.807, 2.05) is 0 Å².